The molecule has 1 heterocycles. The monoisotopic (exact) mass is 218 g/mol. The molecule has 0 radical (unpaired) electrons. The Bertz CT molecular complexity index is 134. The van der Waals surface area contributed by atoms with E-state index >= 15 is 0 Å². The minimum absolute atomic E-state index is 0.556. The van der Waals surface area contributed by atoms with E-state index in [-0.39, 0.29) is 0 Å². The molecule has 11 heavy (non-hydrogen) atoms. The van der Waals surface area contributed by atoms with E-state index in [1.807, 2.05) is 0 Å². The van der Waals surface area contributed by atoms with Crippen molar-refractivity contribution in [3.63, 3.8) is 0 Å². The van der Waals surface area contributed by atoms with E-state index in [2.05, 4.69) is 21.2 Å². The van der Waals surface area contributed by atoms with E-state index in [0.29, 0.717) is 4.32 Å². The molecule has 0 aromatic heterocycles. The van der Waals surface area contributed by atoms with Crippen molar-refractivity contribution < 1.29 is 5.32 Å². The molecular formula is C9H17BrN+. The van der Waals surface area contributed by atoms with Gasteiger partial charge in [-0.25, -0.2) is 0 Å². The van der Waals surface area contributed by atoms with Gasteiger partial charge in [0.2, 0.25) is 0 Å². The summed E-state index contributed by atoms with van der Waals surface area (Å²) in [6, 6.07) is 0. The van der Waals surface area contributed by atoms with Crippen LogP contribution in [-0.4, -0.2) is 17.4 Å². The fraction of sp³-hybridized carbons (Fsp3) is 1.00. The molecule has 0 aromatic rings. The van der Waals surface area contributed by atoms with Crippen molar-refractivity contribution in [3.05, 3.63) is 0 Å². The van der Waals surface area contributed by atoms with Crippen LogP contribution in [0.15, 0.2) is 0 Å². The molecule has 0 unspecified atom stereocenters. The Morgan fingerprint density at radius 2 is 2.18 bits per heavy atom. The zero-order valence-electron chi connectivity index (χ0n) is 6.98. The van der Waals surface area contributed by atoms with Crippen molar-refractivity contribution in [3.8, 4) is 0 Å². The minimum atomic E-state index is 0.556. The summed E-state index contributed by atoms with van der Waals surface area (Å²) in [6.45, 7) is 2.70. The first-order valence-corrected chi connectivity index (χ1v) is 5.61. The van der Waals surface area contributed by atoms with Crippen LogP contribution in [0.5, 0.6) is 0 Å². The quantitative estimate of drug-likeness (QED) is 0.591. The van der Waals surface area contributed by atoms with Crippen molar-refractivity contribution in [1.82, 2.24) is 0 Å². The van der Waals surface area contributed by atoms with Gasteiger partial charge in [0.25, 0.3) is 0 Å². The zero-order valence-corrected chi connectivity index (χ0v) is 8.57. The topological polar surface area (TPSA) is 16.6 Å². The first-order chi connectivity index (χ1) is 5.31. The molecule has 64 valence electrons. The average Bonchev–Trinajstić information content (AvgIpc) is 2.03. The van der Waals surface area contributed by atoms with E-state index in [0.717, 1.165) is 5.92 Å². The number of hydrogen-bond donors (Lipinski definition) is 1. The Kier molecular flexibility index (Phi) is 2.24. The zero-order chi connectivity index (χ0) is 7.73. The highest BCUT2D eigenvalue weighted by molar-refractivity contribution is 9.10. The predicted molar refractivity (Wildman–Crippen MR) is 49.9 cm³/mol. The number of fused-ring (bicyclic) bond motifs is 1. The van der Waals surface area contributed by atoms with Gasteiger partial charge in [-0.2, -0.15) is 0 Å². The van der Waals surface area contributed by atoms with Gasteiger partial charge in [0.05, 0.1) is 13.1 Å². The highest BCUT2D eigenvalue weighted by atomic mass is 79.9. The molecule has 0 bridgehead atoms. The second kappa shape index (κ2) is 3.06. The Morgan fingerprint density at radius 3 is 3.00 bits per heavy atom. The Labute approximate surface area is 77.1 Å². The van der Waals surface area contributed by atoms with Gasteiger partial charge in [-0.15, -0.1) is 0 Å². The van der Waals surface area contributed by atoms with Gasteiger partial charge in [0, 0.05) is 16.7 Å². The van der Waals surface area contributed by atoms with Crippen LogP contribution in [0.3, 0.4) is 0 Å². The van der Waals surface area contributed by atoms with Gasteiger partial charge in [0.15, 0.2) is 0 Å². The Balaban J connectivity index is 2.06. The van der Waals surface area contributed by atoms with Gasteiger partial charge in [0.1, 0.15) is 0 Å². The van der Waals surface area contributed by atoms with E-state index in [4.69, 9.17) is 0 Å². The number of quaternary nitrogens is 1. The van der Waals surface area contributed by atoms with Gasteiger partial charge >= 0.3 is 0 Å². The lowest BCUT2D eigenvalue weighted by atomic mass is 9.75. The van der Waals surface area contributed by atoms with Crippen LogP contribution in [0.2, 0.25) is 0 Å². The second-order valence-electron chi connectivity index (χ2n) is 4.04. The standard InChI is InChI=1S/C9H16BrN/c10-9-4-2-1-3-8(9)7-11-6-5-9/h8,11H,1-7H2/p+1/t8-,9+/m0/s1. The van der Waals surface area contributed by atoms with Crippen molar-refractivity contribution in [2.24, 2.45) is 5.92 Å². The van der Waals surface area contributed by atoms with Gasteiger partial charge < -0.3 is 5.32 Å². The van der Waals surface area contributed by atoms with E-state index in [1.165, 1.54) is 45.2 Å². The summed E-state index contributed by atoms with van der Waals surface area (Å²) < 4.78 is 0.556. The summed E-state index contributed by atoms with van der Waals surface area (Å²) in [5.74, 6) is 0.963. The van der Waals surface area contributed by atoms with Crippen molar-refractivity contribution in [2.45, 2.75) is 36.4 Å². The van der Waals surface area contributed by atoms with Crippen LogP contribution in [0.25, 0.3) is 0 Å². The normalized spacial score (nSPS) is 45.0. The molecule has 1 saturated carbocycles. The first kappa shape index (κ1) is 8.06. The summed E-state index contributed by atoms with van der Waals surface area (Å²) in [4.78, 5) is 0. The maximum absolute atomic E-state index is 3.95. The number of piperidine rings is 1. The molecule has 2 atom stereocenters. The third-order valence-corrected chi connectivity index (χ3v) is 4.78. The summed E-state index contributed by atoms with van der Waals surface area (Å²) in [5, 5.41) is 2.48. The smallest absolute Gasteiger partial charge is 0.0797 e. The molecule has 2 aliphatic rings. The molecule has 2 N–H and O–H groups in total. The Morgan fingerprint density at radius 1 is 1.27 bits per heavy atom. The van der Waals surface area contributed by atoms with E-state index in [1.54, 1.807) is 0 Å². The number of alkyl halides is 1. The molecule has 2 heteroatoms. The van der Waals surface area contributed by atoms with Crippen LogP contribution in [0, 0.1) is 5.92 Å². The second-order valence-corrected chi connectivity index (χ2v) is 5.62. The maximum Gasteiger partial charge on any atom is 0.0797 e. The van der Waals surface area contributed by atoms with Crippen LogP contribution in [0.1, 0.15) is 32.1 Å². The fourth-order valence-electron chi connectivity index (χ4n) is 2.59. The Hall–Kier alpha value is 0.440. The molecule has 1 nitrogen and oxygen atoms in total. The highest BCUT2D eigenvalue weighted by Gasteiger charge is 2.41. The minimum Gasteiger partial charge on any atom is -0.346 e. The fourth-order valence-corrected chi connectivity index (χ4v) is 3.52. The SMILES string of the molecule is Br[C@@]12CCCC[C@H]1C[NH2+]CC2. The summed E-state index contributed by atoms with van der Waals surface area (Å²) in [5.41, 5.74) is 0. The lowest BCUT2D eigenvalue weighted by molar-refractivity contribution is -0.671. The number of halogens is 1. The predicted octanol–water partition coefficient (Wildman–Crippen LogP) is 1.28. The average molecular weight is 219 g/mol. The molecule has 2 fully saturated rings. The molecule has 0 spiro atoms. The van der Waals surface area contributed by atoms with Gasteiger partial charge in [-0.1, -0.05) is 28.8 Å². The molecule has 1 saturated heterocycles. The van der Waals surface area contributed by atoms with E-state index in [9.17, 15) is 0 Å². The maximum atomic E-state index is 3.95. The highest BCUT2D eigenvalue weighted by Crippen LogP contribution is 2.43. The van der Waals surface area contributed by atoms with Crippen LogP contribution >= 0.6 is 15.9 Å². The van der Waals surface area contributed by atoms with Gasteiger partial charge in [-0.3, -0.25) is 0 Å². The van der Waals surface area contributed by atoms with E-state index < -0.39 is 0 Å². The molecule has 0 amide bonds. The third kappa shape index (κ3) is 1.48. The van der Waals surface area contributed by atoms with Crippen molar-refractivity contribution >= 4 is 15.9 Å². The van der Waals surface area contributed by atoms with Crippen LogP contribution in [-0.2, 0) is 0 Å². The van der Waals surface area contributed by atoms with Crippen LogP contribution < -0.4 is 5.32 Å². The summed E-state index contributed by atoms with van der Waals surface area (Å²) in [6.07, 6.45) is 7.18. The largest absolute Gasteiger partial charge is 0.346 e. The number of hydrogen-bond acceptors (Lipinski definition) is 0. The lowest BCUT2D eigenvalue weighted by Gasteiger charge is -2.41. The third-order valence-electron chi connectivity index (χ3n) is 3.34. The number of nitrogens with two attached hydrogens (primary N) is 1. The summed E-state index contributed by atoms with van der Waals surface area (Å²) in [7, 11) is 0. The van der Waals surface area contributed by atoms with Crippen LogP contribution in [0.4, 0.5) is 0 Å². The summed E-state index contributed by atoms with van der Waals surface area (Å²) >= 11 is 3.95. The molecule has 1 aliphatic carbocycles. The van der Waals surface area contributed by atoms with Crippen molar-refractivity contribution in [2.75, 3.05) is 13.1 Å². The molecule has 1 aliphatic heterocycles. The molecule has 0 aromatic carbocycles. The first-order valence-electron chi connectivity index (χ1n) is 4.82. The number of rotatable bonds is 0. The van der Waals surface area contributed by atoms with Crippen molar-refractivity contribution in [1.29, 1.82) is 0 Å². The molecular weight excluding hydrogens is 202 g/mol. The lowest BCUT2D eigenvalue weighted by Crippen LogP contribution is -2.89. The molecule has 2 rings (SSSR count). The van der Waals surface area contributed by atoms with Gasteiger partial charge in [-0.05, 0) is 12.8 Å².